The van der Waals surface area contributed by atoms with Crippen molar-refractivity contribution in [2.24, 2.45) is 11.1 Å². The summed E-state index contributed by atoms with van der Waals surface area (Å²) >= 11 is 0. The number of phenols is 1. The molecular formula is C16H24N2O2. The summed E-state index contributed by atoms with van der Waals surface area (Å²) in [6.07, 6.45) is 2.87. The number of carbonyl (C=O) groups excluding carboxylic acids is 1. The van der Waals surface area contributed by atoms with Crippen molar-refractivity contribution in [2.75, 3.05) is 13.1 Å². The predicted octanol–water partition coefficient (Wildman–Crippen LogP) is 2.43. The molecule has 110 valence electrons. The zero-order valence-corrected chi connectivity index (χ0v) is 12.3. The first-order valence-corrected chi connectivity index (χ1v) is 7.34. The number of nitrogens with zero attached hydrogens (tertiary/aromatic N) is 1. The molecule has 1 saturated carbocycles. The van der Waals surface area contributed by atoms with E-state index in [0.717, 1.165) is 24.8 Å². The number of aromatic hydroxyl groups is 1. The molecule has 1 aliphatic carbocycles. The number of hydrogen-bond acceptors (Lipinski definition) is 3. The first-order valence-electron chi connectivity index (χ1n) is 7.34. The van der Waals surface area contributed by atoms with Crippen molar-refractivity contribution in [3.8, 4) is 5.75 Å². The maximum atomic E-state index is 12.8. The molecule has 1 amide bonds. The van der Waals surface area contributed by atoms with E-state index in [1.807, 2.05) is 30.9 Å². The van der Waals surface area contributed by atoms with Crippen LogP contribution in [0.3, 0.4) is 0 Å². The number of amides is 1. The number of carbonyl (C=O) groups is 1. The topological polar surface area (TPSA) is 66.6 Å². The van der Waals surface area contributed by atoms with Crippen LogP contribution in [0.4, 0.5) is 0 Å². The molecule has 4 heteroatoms. The Morgan fingerprint density at radius 1 is 1.50 bits per heavy atom. The molecule has 3 N–H and O–H groups in total. The Labute approximate surface area is 120 Å². The lowest BCUT2D eigenvalue weighted by Gasteiger charge is -2.44. The van der Waals surface area contributed by atoms with Gasteiger partial charge in [0, 0.05) is 13.1 Å². The lowest BCUT2D eigenvalue weighted by molar-refractivity contribution is -0.148. The number of hydrogen-bond donors (Lipinski definition) is 2. The summed E-state index contributed by atoms with van der Waals surface area (Å²) in [5.41, 5.74) is 6.44. The van der Waals surface area contributed by atoms with E-state index in [0.29, 0.717) is 13.1 Å². The average molecular weight is 276 g/mol. The molecule has 0 aromatic heterocycles. The summed E-state index contributed by atoms with van der Waals surface area (Å²) < 4.78 is 0. The highest BCUT2D eigenvalue weighted by molar-refractivity contribution is 5.84. The van der Waals surface area contributed by atoms with Crippen LogP contribution in [0.2, 0.25) is 0 Å². The fourth-order valence-corrected chi connectivity index (χ4v) is 2.97. The van der Waals surface area contributed by atoms with Gasteiger partial charge in [-0.1, -0.05) is 18.6 Å². The van der Waals surface area contributed by atoms with Crippen molar-refractivity contribution >= 4 is 5.91 Å². The molecule has 1 atom stereocenters. The fraction of sp³-hybridized carbons (Fsp3) is 0.562. The Morgan fingerprint density at radius 3 is 2.65 bits per heavy atom. The van der Waals surface area contributed by atoms with Gasteiger partial charge < -0.3 is 15.7 Å². The quantitative estimate of drug-likeness (QED) is 0.868. The van der Waals surface area contributed by atoms with Crippen molar-refractivity contribution in [3.63, 3.8) is 0 Å². The number of phenolic OH excluding ortho intramolecular Hbond substituents is 1. The summed E-state index contributed by atoms with van der Waals surface area (Å²) in [5, 5.41) is 9.59. The summed E-state index contributed by atoms with van der Waals surface area (Å²) in [5.74, 6) is 0.389. The fourth-order valence-electron chi connectivity index (χ4n) is 2.97. The molecule has 4 nitrogen and oxygen atoms in total. The number of nitrogens with two attached hydrogens (primary N) is 1. The van der Waals surface area contributed by atoms with Gasteiger partial charge in [0.1, 0.15) is 5.75 Å². The molecule has 1 aromatic rings. The van der Waals surface area contributed by atoms with E-state index in [4.69, 9.17) is 5.73 Å². The molecule has 0 saturated heterocycles. The minimum Gasteiger partial charge on any atom is -0.508 e. The Balaban J connectivity index is 2.21. The highest BCUT2D eigenvalue weighted by Gasteiger charge is 2.45. The maximum absolute atomic E-state index is 12.8. The minimum absolute atomic E-state index is 0.0522. The Kier molecular flexibility index (Phi) is 4.33. The van der Waals surface area contributed by atoms with Crippen molar-refractivity contribution in [3.05, 3.63) is 29.8 Å². The molecule has 0 bridgehead atoms. The van der Waals surface area contributed by atoms with Crippen LogP contribution in [0, 0.1) is 5.41 Å². The third-order valence-electron chi connectivity index (χ3n) is 4.58. The van der Waals surface area contributed by atoms with Gasteiger partial charge in [0.05, 0.1) is 11.5 Å². The third-order valence-corrected chi connectivity index (χ3v) is 4.58. The van der Waals surface area contributed by atoms with Crippen LogP contribution in [0.15, 0.2) is 24.3 Å². The van der Waals surface area contributed by atoms with E-state index >= 15 is 0 Å². The van der Waals surface area contributed by atoms with E-state index in [1.165, 1.54) is 0 Å². The van der Waals surface area contributed by atoms with Gasteiger partial charge in [0.25, 0.3) is 0 Å². The molecule has 20 heavy (non-hydrogen) atoms. The average Bonchev–Trinajstić information content (AvgIpc) is 2.39. The SMILES string of the molecule is CCN(C(=O)C1(CN)CCC1)C(C)c1cccc(O)c1. The van der Waals surface area contributed by atoms with Crippen LogP contribution in [-0.2, 0) is 4.79 Å². The lowest BCUT2D eigenvalue weighted by Crippen LogP contribution is -2.52. The molecule has 1 aliphatic rings. The zero-order valence-electron chi connectivity index (χ0n) is 12.3. The van der Waals surface area contributed by atoms with E-state index < -0.39 is 0 Å². The molecule has 0 heterocycles. The lowest BCUT2D eigenvalue weighted by atomic mass is 9.67. The van der Waals surface area contributed by atoms with Crippen molar-refractivity contribution < 1.29 is 9.90 Å². The number of benzene rings is 1. The maximum Gasteiger partial charge on any atom is 0.230 e. The minimum atomic E-state index is -0.346. The summed E-state index contributed by atoms with van der Waals surface area (Å²) in [6.45, 7) is 5.06. The van der Waals surface area contributed by atoms with Crippen molar-refractivity contribution in [1.29, 1.82) is 0 Å². The van der Waals surface area contributed by atoms with E-state index in [1.54, 1.807) is 12.1 Å². The second-order valence-electron chi connectivity index (χ2n) is 5.70. The van der Waals surface area contributed by atoms with E-state index in [-0.39, 0.29) is 23.1 Å². The van der Waals surface area contributed by atoms with Crippen molar-refractivity contribution in [2.45, 2.75) is 39.2 Å². The van der Waals surface area contributed by atoms with Gasteiger partial charge in [-0.3, -0.25) is 4.79 Å². The van der Waals surface area contributed by atoms with Gasteiger partial charge in [0.15, 0.2) is 0 Å². The van der Waals surface area contributed by atoms with E-state index in [2.05, 4.69) is 0 Å². The first kappa shape index (κ1) is 14.9. The zero-order chi connectivity index (χ0) is 14.8. The highest BCUT2D eigenvalue weighted by atomic mass is 16.3. The van der Waals surface area contributed by atoms with Gasteiger partial charge in [-0.2, -0.15) is 0 Å². The monoisotopic (exact) mass is 276 g/mol. The van der Waals surface area contributed by atoms with Crippen LogP contribution in [0.1, 0.15) is 44.7 Å². The molecule has 1 fully saturated rings. The van der Waals surface area contributed by atoms with E-state index in [9.17, 15) is 9.90 Å². The third kappa shape index (κ3) is 2.52. The van der Waals surface area contributed by atoms with Gasteiger partial charge in [0.2, 0.25) is 5.91 Å². The second kappa shape index (κ2) is 5.83. The summed E-state index contributed by atoms with van der Waals surface area (Å²) in [6, 6.07) is 7.05. The van der Waals surface area contributed by atoms with Crippen LogP contribution in [0.25, 0.3) is 0 Å². The Bertz CT molecular complexity index is 478. The standard InChI is InChI=1S/C16H24N2O2/c1-3-18(15(20)16(11-17)8-5-9-16)12(2)13-6-4-7-14(19)10-13/h4,6-7,10,12,19H,3,5,8-9,11,17H2,1-2H3. The molecule has 1 unspecified atom stereocenters. The molecule has 2 rings (SSSR count). The first-order chi connectivity index (χ1) is 9.54. The normalized spacial score (nSPS) is 18.1. The molecule has 0 radical (unpaired) electrons. The summed E-state index contributed by atoms with van der Waals surface area (Å²) in [4.78, 5) is 14.7. The molecular weight excluding hydrogens is 252 g/mol. The van der Waals surface area contributed by atoms with Gasteiger partial charge >= 0.3 is 0 Å². The highest BCUT2D eigenvalue weighted by Crippen LogP contribution is 2.43. The molecule has 0 aliphatic heterocycles. The van der Waals surface area contributed by atoms with Crippen LogP contribution >= 0.6 is 0 Å². The Hall–Kier alpha value is -1.55. The van der Waals surface area contributed by atoms with Crippen LogP contribution in [-0.4, -0.2) is 29.0 Å². The van der Waals surface area contributed by atoms with Crippen molar-refractivity contribution in [1.82, 2.24) is 4.90 Å². The van der Waals surface area contributed by atoms with Gasteiger partial charge in [-0.15, -0.1) is 0 Å². The number of rotatable bonds is 5. The molecule has 1 aromatic carbocycles. The predicted molar refractivity (Wildman–Crippen MR) is 79.2 cm³/mol. The second-order valence-corrected chi connectivity index (χ2v) is 5.70. The summed E-state index contributed by atoms with van der Waals surface area (Å²) in [7, 11) is 0. The van der Waals surface area contributed by atoms with Gasteiger partial charge in [-0.05, 0) is 44.4 Å². The largest absolute Gasteiger partial charge is 0.508 e. The smallest absolute Gasteiger partial charge is 0.230 e. The molecule has 0 spiro atoms. The van der Waals surface area contributed by atoms with Crippen LogP contribution in [0.5, 0.6) is 5.75 Å². The van der Waals surface area contributed by atoms with Crippen LogP contribution < -0.4 is 5.73 Å². The Morgan fingerprint density at radius 2 is 2.20 bits per heavy atom. The van der Waals surface area contributed by atoms with Gasteiger partial charge in [-0.25, -0.2) is 0 Å².